The van der Waals surface area contributed by atoms with Gasteiger partial charge in [0, 0.05) is 17.3 Å². The van der Waals surface area contributed by atoms with E-state index < -0.39 is 10.0 Å². The van der Waals surface area contributed by atoms with Crippen molar-refractivity contribution in [1.82, 2.24) is 20.4 Å². The zero-order chi connectivity index (χ0) is 12.6. The first-order chi connectivity index (χ1) is 8.65. The molecule has 8 heteroatoms. The van der Waals surface area contributed by atoms with Crippen molar-refractivity contribution in [3.8, 4) is 0 Å². The van der Waals surface area contributed by atoms with Gasteiger partial charge in [-0.2, -0.15) is 10.2 Å². The molecule has 3 aromatic rings. The van der Waals surface area contributed by atoms with Gasteiger partial charge < -0.3 is 0 Å². The SMILES string of the molecule is O=S(=O)(Nc1ccc2[nH]ncc2c1)c1cn[nH]c1. The first kappa shape index (κ1) is 10.8. The Balaban J connectivity index is 1.97. The van der Waals surface area contributed by atoms with Crippen molar-refractivity contribution >= 4 is 26.6 Å². The van der Waals surface area contributed by atoms with E-state index in [2.05, 4.69) is 25.1 Å². The lowest BCUT2D eigenvalue weighted by Crippen LogP contribution is -2.11. The summed E-state index contributed by atoms with van der Waals surface area (Å²) in [7, 11) is -3.60. The summed E-state index contributed by atoms with van der Waals surface area (Å²) in [5, 5.41) is 13.6. The molecule has 18 heavy (non-hydrogen) atoms. The van der Waals surface area contributed by atoms with Gasteiger partial charge in [-0.3, -0.25) is 14.9 Å². The normalized spacial score (nSPS) is 11.8. The lowest BCUT2D eigenvalue weighted by atomic mass is 10.2. The van der Waals surface area contributed by atoms with Gasteiger partial charge in [0.15, 0.2) is 0 Å². The summed E-state index contributed by atoms with van der Waals surface area (Å²) in [5.74, 6) is 0. The van der Waals surface area contributed by atoms with Crippen molar-refractivity contribution in [3.05, 3.63) is 36.8 Å². The Morgan fingerprint density at radius 3 is 2.83 bits per heavy atom. The molecule has 0 atom stereocenters. The van der Waals surface area contributed by atoms with Crippen molar-refractivity contribution in [2.45, 2.75) is 4.90 Å². The number of aromatic amines is 2. The van der Waals surface area contributed by atoms with Gasteiger partial charge in [0.1, 0.15) is 4.90 Å². The summed E-state index contributed by atoms with van der Waals surface area (Å²) >= 11 is 0. The van der Waals surface area contributed by atoms with E-state index in [9.17, 15) is 8.42 Å². The van der Waals surface area contributed by atoms with Gasteiger partial charge in [0.2, 0.25) is 0 Å². The van der Waals surface area contributed by atoms with E-state index >= 15 is 0 Å². The molecule has 3 N–H and O–H groups in total. The molecule has 1 aromatic carbocycles. The molecule has 0 bridgehead atoms. The minimum Gasteiger partial charge on any atom is -0.284 e. The van der Waals surface area contributed by atoms with Crippen LogP contribution in [0.25, 0.3) is 10.9 Å². The molecule has 2 aromatic heterocycles. The maximum Gasteiger partial charge on any atom is 0.265 e. The summed E-state index contributed by atoms with van der Waals surface area (Å²) in [6.07, 6.45) is 4.20. The van der Waals surface area contributed by atoms with Crippen LogP contribution in [0.5, 0.6) is 0 Å². The Morgan fingerprint density at radius 1 is 1.17 bits per heavy atom. The van der Waals surface area contributed by atoms with E-state index in [0.29, 0.717) is 5.69 Å². The number of sulfonamides is 1. The smallest absolute Gasteiger partial charge is 0.265 e. The zero-order valence-electron chi connectivity index (χ0n) is 9.08. The van der Waals surface area contributed by atoms with E-state index in [1.165, 1.54) is 12.4 Å². The predicted octanol–water partition coefficient (Wildman–Crippen LogP) is 1.09. The Hall–Kier alpha value is -2.35. The van der Waals surface area contributed by atoms with Gasteiger partial charge in [-0.15, -0.1) is 0 Å². The minimum absolute atomic E-state index is 0.0924. The van der Waals surface area contributed by atoms with Gasteiger partial charge in [0.25, 0.3) is 10.0 Å². The van der Waals surface area contributed by atoms with Crippen LogP contribution in [-0.4, -0.2) is 28.8 Å². The predicted molar refractivity (Wildman–Crippen MR) is 65.5 cm³/mol. The molecule has 92 valence electrons. The van der Waals surface area contributed by atoms with Crippen molar-refractivity contribution in [3.63, 3.8) is 0 Å². The van der Waals surface area contributed by atoms with E-state index in [1.54, 1.807) is 24.4 Å². The third-order valence-corrected chi connectivity index (χ3v) is 3.82. The third kappa shape index (κ3) is 1.82. The number of nitrogens with zero attached hydrogens (tertiary/aromatic N) is 2. The van der Waals surface area contributed by atoms with Crippen LogP contribution in [0.3, 0.4) is 0 Å². The van der Waals surface area contributed by atoms with Crippen LogP contribution in [-0.2, 0) is 10.0 Å². The van der Waals surface area contributed by atoms with E-state index in [0.717, 1.165) is 10.9 Å². The number of hydrogen-bond acceptors (Lipinski definition) is 4. The molecule has 0 fully saturated rings. The summed E-state index contributed by atoms with van der Waals surface area (Å²) < 4.78 is 26.4. The molecule has 2 heterocycles. The first-order valence-corrected chi connectivity index (χ1v) is 6.58. The van der Waals surface area contributed by atoms with E-state index in [1.807, 2.05) is 0 Å². The summed E-state index contributed by atoms with van der Waals surface area (Å²) in [6.45, 7) is 0. The standard InChI is InChI=1S/C10H9N5O2S/c16-18(17,9-5-11-12-6-9)15-8-1-2-10-7(3-8)4-13-14-10/h1-6,15H,(H,11,12)(H,13,14). The van der Waals surface area contributed by atoms with Crippen molar-refractivity contribution in [2.75, 3.05) is 4.72 Å². The van der Waals surface area contributed by atoms with Crippen LogP contribution >= 0.6 is 0 Å². The Bertz CT molecular complexity index is 776. The molecular formula is C10H9N5O2S. The zero-order valence-corrected chi connectivity index (χ0v) is 9.90. The van der Waals surface area contributed by atoms with Crippen LogP contribution in [0.2, 0.25) is 0 Å². The molecule has 0 aliphatic rings. The fourth-order valence-corrected chi connectivity index (χ4v) is 2.56. The third-order valence-electron chi connectivity index (χ3n) is 2.48. The molecule has 0 radical (unpaired) electrons. The molecule has 0 saturated heterocycles. The summed E-state index contributed by atoms with van der Waals surface area (Å²) in [5.41, 5.74) is 1.33. The van der Waals surface area contributed by atoms with Crippen molar-refractivity contribution in [1.29, 1.82) is 0 Å². The molecule has 0 unspecified atom stereocenters. The Morgan fingerprint density at radius 2 is 2.06 bits per heavy atom. The minimum atomic E-state index is -3.60. The summed E-state index contributed by atoms with van der Waals surface area (Å²) in [6, 6.07) is 5.13. The molecule has 0 amide bonds. The maximum atomic E-state index is 11.9. The fraction of sp³-hybridized carbons (Fsp3) is 0. The first-order valence-electron chi connectivity index (χ1n) is 5.10. The Kier molecular flexibility index (Phi) is 2.30. The molecule has 3 rings (SSSR count). The highest BCUT2D eigenvalue weighted by atomic mass is 32.2. The highest BCUT2D eigenvalue weighted by molar-refractivity contribution is 7.92. The van der Waals surface area contributed by atoms with Gasteiger partial charge in [-0.05, 0) is 18.2 Å². The number of hydrogen-bond donors (Lipinski definition) is 3. The lowest BCUT2D eigenvalue weighted by Gasteiger charge is -2.05. The quantitative estimate of drug-likeness (QED) is 0.658. The van der Waals surface area contributed by atoms with Gasteiger partial charge >= 0.3 is 0 Å². The largest absolute Gasteiger partial charge is 0.284 e. The average Bonchev–Trinajstić information content (AvgIpc) is 2.99. The topological polar surface area (TPSA) is 104 Å². The molecule has 7 nitrogen and oxygen atoms in total. The van der Waals surface area contributed by atoms with Gasteiger partial charge in [-0.1, -0.05) is 0 Å². The molecule has 0 spiro atoms. The molecule has 0 saturated carbocycles. The molecular weight excluding hydrogens is 254 g/mol. The number of fused-ring (bicyclic) bond motifs is 1. The van der Waals surface area contributed by atoms with Crippen LogP contribution < -0.4 is 4.72 Å². The highest BCUT2D eigenvalue weighted by Crippen LogP contribution is 2.19. The highest BCUT2D eigenvalue weighted by Gasteiger charge is 2.15. The van der Waals surface area contributed by atoms with E-state index in [4.69, 9.17) is 0 Å². The Labute approximate surface area is 102 Å². The number of rotatable bonds is 3. The average molecular weight is 263 g/mol. The van der Waals surface area contributed by atoms with Crippen LogP contribution in [0.4, 0.5) is 5.69 Å². The summed E-state index contributed by atoms with van der Waals surface area (Å²) in [4.78, 5) is 0.0924. The number of H-pyrrole nitrogens is 2. The number of nitrogens with one attached hydrogen (secondary N) is 3. The van der Waals surface area contributed by atoms with Crippen LogP contribution in [0, 0.1) is 0 Å². The second-order valence-electron chi connectivity index (χ2n) is 3.71. The maximum absolute atomic E-state index is 11.9. The van der Waals surface area contributed by atoms with Crippen molar-refractivity contribution in [2.24, 2.45) is 0 Å². The van der Waals surface area contributed by atoms with Crippen LogP contribution in [0.1, 0.15) is 0 Å². The van der Waals surface area contributed by atoms with Crippen LogP contribution in [0.15, 0.2) is 41.7 Å². The number of anilines is 1. The fourth-order valence-electron chi connectivity index (χ4n) is 1.61. The number of benzene rings is 1. The molecule has 0 aliphatic heterocycles. The monoisotopic (exact) mass is 263 g/mol. The van der Waals surface area contributed by atoms with Gasteiger partial charge in [0.05, 0.1) is 17.9 Å². The van der Waals surface area contributed by atoms with E-state index in [-0.39, 0.29) is 4.90 Å². The second kappa shape index (κ2) is 3.84. The molecule has 0 aliphatic carbocycles. The van der Waals surface area contributed by atoms with Gasteiger partial charge in [-0.25, -0.2) is 8.42 Å². The lowest BCUT2D eigenvalue weighted by molar-refractivity contribution is 0.601. The van der Waals surface area contributed by atoms with Crippen molar-refractivity contribution < 1.29 is 8.42 Å². The number of aromatic nitrogens is 4. The second-order valence-corrected chi connectivity index (χ2v) is 5.39.